The molecular formula is C18H22N2O6S. The first kappa shape index (κ1) is 19.5. The fourth-order valence-electron chi connectivity index (χ4n) is 2.72. The van der Waals surface area contributed by atoms with E-state index in [4.69, 9.17) is 14.0 Å². The smallest absolute Gasteiger partial charge is 0.306 e. The first-order chi connectivity index (χ1) is 12.9. The fraction of sp³-hybridized carbons (Fsp3) is 0.444. The number of ether oxygens (including phenoxy) is 2. The highest BCUT2D eigenvalue weighted by Gasteiger charge is 2.26. The Hall–Kier alpha value is -2.23. The molecule has 0 aliphatic carbocycles. The lowest BCUT2D eigenvalue weighted by Crippen LogP contribution is -2.40. The maximum absolute atomic E-state index is 12.6. The monoisotopic (exact) mass is 394 g/mol. The molecular weight excluding hydrogens is 372 g/mol. The number of carbonyl (C=O) groups excluding carboxylic acids is 1. The molecule has 1 aliphatic rings. The summed E-state index contributed by atoms with van der Waals surface area (Å²) in [4.78, 5) is 12.1. The average molecular weight is 394 g/mol. The van der Waals surface area contributed by atoms with E-state index in [9.17, 15) is 13.2 Å². The van der Waals surface area contributed by atoms with Crippen LogP contribution in [0.5, 0.6) is 0 Å². The minimum Gasteiger partial charge on any atom is -0.459 e. The Morgan fingerprint density at radius 3 is 2.56 bits per heavy atom. The Morgan fingerprint density at radius 2 is 1.93 bits per heavy atom. The number of benzene rings is 1. The van der Waals surface area contributed by atoms with E-state index in [1.807, 2.05) is 0 Å². The van der Waals surface area contributed by atoms with Gasteiger partial charge in [0.2, 0.25) is 10.0 Å². The van der Waals surface area contributed by atoms with Gasteiger partial charge < -0.3 is 14.0 Å². The van der Waals surface area contributed by atoms with E-state index in [0.29, 0.717) is 44.2 Å². The first-order valence-corrected chi connectivity index (χ1v) is 10.1. The summed E-state index contributed by atoms with van der Waals surface area (Å²) >= 11 is 0. The maximum Gasteiger partial charge on any atom is 0.306 e. The summed E-state index contributed by atoms with van der Waals surface area (Å²) in [7, 11) is -3.50. The van der Waals surface area contributed by atoms with E-state index >= 15 is 0 Å². The van der Waals surface area contributed by atoms with Gasteiger partial charge in [-0.1, -0.05) is 17.3 Å². The molecule has 1 aromatic heterocycles. The SMILES string of the molecule is Cc1cc(COC(=O)CCc2ccc(S(=O)(=O)N3CCOCC3)cc2)no1. The van der Waals surface area contributed by atoms with Gasteiger partial charge >= 0.3 is 5.97 Å². The van der Waals surface area contributed by atoms with Crippen molar-refractivity contribution in [1.29, 1.82) is 0 Å². The van der Waals surface area contributed by atoms with Crippen molar-refractivity contribution in [3.63, 3.8) is 0 Å². The van der Waals surface area contributed by atoms with E-state index in [0.717, 1.165) is 5.56 Å². The third kappa shape index (κ3) is 5.15. The van der Waals surface area contributed by atoms with Crippen molar-refractivity contribution >= 4 is 16.0 Å². The molecule has 27 heavy (non-hydrogen) atoms. The standard InChI is InChI=1S/C18H22N2O6S/c1-14-12-16(19-26-14)13-25-18(21)7-4-15-2-5-17(6-3-15)27(22,23)20-8-10-24-11-9-20/h2-3,5-6,12H,4,7-11,13H2,1H3. The van der Waals surface area contributed by atoms with Gasteiger partial charge in [0.1, 0.15) is 18.1 Å². The molecule has 0 amide bonds. The minimum absolute atomic E-state index is 0.0763. The summed E-state index contributed by atoms with van der Waals surface area (Å²) < 4.78 is 41.8. The van der Waals surface area contributed by atoms with Crippen molar-refractivity contribution in [3.05, 3.63) is 47.3 Å². The Morgan fingerprint density at radius 1 is 1.22 bits per heavy atom. The molecule has 0 saturated carbocycles. The quantitative estimate of drug-likeness (QED) is 0.659. The lowest BCUT2D eigenvalue weighted by Gasteiger charge is -2.26. The van der Waals surface area contributed by atoms with Crippen LogP contribution in [0.3, 0.4) is 0 Å². The molecule has 0 N–H and O–H groups in total. The van der Waals surface area contributed by atoms with Gasteiger partial charge in [-0.25, -0.2) is 8.42 Å². The van der Waals surface area contributed by atoms with Crippen LogP contribution in [0, 0.1) is 6.92 Å². The highest BCUT2D eigenvalue weighted by atomic mass is 32.2. The van der Waals surface area contributed by atoms with E-state index in [1.165, 1.54) is 4.31 Å². The topological polar surface area (TPSA) is 98.9 Å². The number of nitrogens with zero attached hydrogens (tertiary/aromatic N) is 2. The highest BCUT2D eigenvalue weighted by molar-refractivity contribution is 7.89. The number of morpholine rings is 1. The van der Waals surface area contributed by atoms with Gasteiger partial charge in [0.25, 0.3) is 0 Å². The van der Waals surface area contributed by atoms with Gasteiger partial charge in [-0.3, -0.25) is 4.79 Å². The lowest BCUT2D eigenvalue weighted by atomic mass is 10.1. The number of carbonyl (C=O) groups is 1. The van der Waals surface area contributed by atoms with Gasteiger partial charge in [-0.2, -0.15) is 4.31 Å². The zero-order valence-electron chi connectivity index (χ0n) is 15.1. The third-order valence-electron chi connectivity index (χ3n) is 4.21. The molecule has 9 heteroatoms. The van der Waals surface area contributed by atoms with Gasteiger partial charge in [0.15, 0.2) is 0 Å². The minimum atomic E-state index is -3.50. The van der Waals surface area contributed by atoms with Gasteiger partial charge in [-0.15, -0.1) is 0 Å². The molecule has 0 bridgehead atoms. The van der Waals surface area contributed by atoms with Crippen LogP contribution < -0.4 is 0 Å². The number of hydrogen-bond donors (Lipinski definition) is 0. The molecule has 2 heterocycles. The third-order valence-corrected chi connectivity index (χ3v) is 6.12. The van der Waals surface area contributed by atoms with Crippen molar-refractivity contribution in [2.24, 2.45) is 0 Å². The van der Waals surface area contributed by atoms with Crippen LogP contribution in [0.15, 0.2) is 39.8 Å². The van der Waals surface area contributed by atoms with Crippen molar-refractivity contribution in [2.75, 3.05) is 26.3 Å². The average Bonchev–Trinajstić information content (AvgIpc) is 3.11. The van der Waals surface area contributed by atoms with Crippen LogP contribution in [0.2, 0.25) is 0 Å². The zero-order chi connectivity index (χ0) is 19.3. The second-order valence-corrected chi connectivity index (χ2v) is 8.19. The number of rotatable bonds is 7. The van der Waals surface area contributed by atoms with Gasteiger partial charge in [0, 0.05) is 25.6 Å². The molecule has 3 rings (SSSR count). The predicted octanol–water partition coefficient (Wildman–Crippen LogP) is 1.68. The Kier molecular flexibility index (Phi) is 6.25. The molecule has 2 aromatic rings. The van der Waals surface area contributed by atoms with Crippen LogP contribution in [0.25, 0.3) is 0 Å². The van der Waals surface area contributed by atoms with Crippen molar-refractivity contribution in [2.45, 2.75) is 31.3 Å². The molecule has 1 fully saturated rings. The summed E-state index contributed by atoms with van der Waals surface area (Å²) in [6.45, 7) is 3.39. The van der Waals surface area contributed by atoms with E-state index in [2.05, 4.69) is 5.16 Å². The normalized spacial score (nSPS) is 15.6. The van der Waals surface area contributed by atoms with Crippen LogP contribution in [-0.4, -0.2) is 50.2 Å². The van der Waals surface area contributed by atoms with Crippen LogP contribution in [-0.2, 0) is 37.3 Å². The highest BCUT2D eigenvalue weighted by Crippen LogP contribution is 2.18. The van der Waals surface area contributed by atoms with E-state index in [-0.39, 0.29) is 23.9 Å². The predicted molar refractivity (Wildman–Crippen MR) is 95.4 cm³/mol. The molecule has 0 atom stereocenters. The molecule has 1 saturated heterocycles. The van der Waals surface area contributed by atoms with E-state index in [1.54, 1.807) is 37.3 Å². The van der Waals surface area contributed by atoms with Crippen molar-refractivity contribution in [1.82, 2.24) is 9.46 Å². The number of aryl methyl sites for hydroxylation is 2. The zero-order valence-corrected chi connectivity index (χ0v) is 15.9. The van der Waals surface area contributed by atoms with E-state index < -0.39 is 10.0 Å². The molecule has 146 valence electrons. The Labute approximate surface area is 158 Å². The van der Waals surface area contributed by atoms with Crippen LogP contribution >= 0.6 is 0 Å². The summed E-state index contributed by atoms with van der Waals surface area (Å²) in [5.74, 6) is 0.314. The molecule has 8 nitrogen and oxygen atoms in total. The van der Waals surface area contributed by atoms with Crippen molar-refractivity contribution < 1.29 is 27.2 Å². The second kappa shape index (κ2) is 8.64. The van der Waals surface area contributed by atoms with Crippen LogP contribution in [0.4, 0.5) is 0 Å². The molecule has 0 spiro atoms. The maximum atomic E-state index is 12.6. The number of hydrogen-bond acceptors (Lipinski definition) is 7. The molecule has 0 unspecified atom stereocenters. The first-order valence-electron chi connectivity index (χ1n) is 8.70. The molecule has 1 aromatic carbocycles. The van der Waals surface area contributed by atoms with Gasteiger partial charge in [-0.05, 0) is 31.0 Å². The van der Waals surface area contributed by atoms with Crippen LogP contribution in [0.1, 0.15) is 23.4 Å². The Bertz CT molecular complexity index is 870. The molecule has 1 aliphatic heterocycles. The number of aromatic nitrogens is 1. The summed E-state index contributed by atoms with van der Waals surface area (Å²) in [6, 6.07) is 8.30. The summed E-state index contributed by atoms with van der Waals surface area (Å²) in [5.41, 5.74) is 1.43. The lowest BCUT2D eigenvalue weighted by molar-refractivity contribution is -0.145. The van der Waals surface area contributed by atoms with Crippen molar-refractivity contribution in [3.8, 4) is 0 Å². The number of esters is 1. The summed E-state index contributed by atoms with van der Waals surface area (Å²) in [6.07, 6.45) is 0.668. The Balaban J connectivity index is 1.50. The largest absolute Gasteiger partial charge is 0.459 e. The fourth-order valence-corrected chi connectivity index (χ4v) is 4.13. The second-order valence-electron chi connectivity index (χ2n) is 6.25. The molecule has 0 radical (unpaired) electrons. The van der Waals surface area contributed by atoms with Gasteiger partial charge in [0.05, 0.1) is 18.1 Å². The number of sulfonamides is 1. The summed E-state index contributed by atoms with van der Waals surface area (Å²) in [5, 5.41) is 3.76.